The van der Waals surface area contributed by atoms with Crippen molar-refractivity contribution >= 4 is 34.8 Å². The third-order valence-electron chi connectivity index (χ3n) is 4.43. The molecule has 0 unspecified atom stereocenters. The monoisotopic (exact) mass is 389 g/mol. The van der Waals surface area contributed by atoms with Crippen LogP contribution in [0.5, 0.6) is 0 Å². The molecule has 1 heterocycles. The first kappa shape index (κ1) is 18.6. The number of hydrogen-bond acceptors (Lipinski definition) is 2. The van der Waals surface area contributed by atoms with Crippen LogP contribution in [0, 0.1) is 11.6 Å². The summed E-state index contributed by atoms with van der Waals surface area (Å²) < 4.78 is 26.4. The van der Waals surface area contributed by atoms with E-state index in [-0.39, 0.29) is 5.91 Å². The lowest BCUT2D eigenvalue weighted by molar-refractivity contribution is -0.114. The molecule has 1 amide bonds. The number of benzene rings is 3. The summed E-state index contributed by atoms with van der Waals surface area (Å²) in [5, 5.41) is 2.84. The SMILES string of the molecule is CC(=O)Nc1ccccc1-c1ccc2[nH]c(/C=C/c3ccc(F)c(F)c3)nc2c1. The third kappa shape index (κ3) is 4.06. The Morgan fingerprint density at radius 3 is 2.62 bits per heavy atom. The van der Waals surface area contributed by atoms with Crippen LogP contribution < -0.4 is 5.32 Å². The molecule has 1 aromatic heterocycles. The number of H-pyrrole nitrogens is 1. The molecule has 0 saturated carbocycles. The summed E-state index contributed by atoms with van der Waals surface area (Å²) in [5.41, 5.74) is 4.68. The number of hydrogen-bond donors (Lipinski definition) is 2. The number of anilines is 1. The van der Waals surface area contributed by atoms with Crippen LogP contribution in [0.3, 0.4) is 0 Å². The predicted molar refractivity (Wildman–Crippen MR) is 111 cm³/mol. The Hall–Kier alpha value is -3.80. The number of halogens is 2. The van der Waals surface area contributed by atoms with E-state index < -0.39 is 11.6 Å². The van der Waals surface area contributed by atoms with Crippen molar-refractivity contribution in [2.75, 3.05) is 5.32 Å². The van der Waals surface area contributed by atoms with Crippen LogP contribution in [0.15, 0.2) is 60.7 Å². The second kappa shape index (κ2) is 7.67. The van der Waals surface area contributed by atoms with Crippen LogP contribution in [-0.4, -0.2) is 15.9 Å². The molecule has 144 valence electrons. The fourth-order valence-electron chi connectivity index (χ4n) is 3.10. The van der Waals surface area contributed by atoms with E-state index in [2.05, 4.69) is 15.3 Å². The summed E-state index contributed by atoms with van der Waals surface area (Å²) in [6.45, 7) is 1.47. The van der Waals surface area contributed by atoms with Gasteiger partial charge >= 0.3 is 0 Å². The quantitative estimate of drug-likeness (QED) is 0.475. The number of rotatable bonds is 4. The fourth-order valence-corrected chi connectivity index (χ4v) is 3.10. The highest BCUT2D eigenvalue weighted by molar-refractivity contribution is 5.95. The maximum absolute atomic E-state index is 13.3. The zero-order chi connectivity index (χ0) is 20.4. The molecule has 0 saturated heterocycles. The van der Waals surface area contributed by atoms with Gasteiger partial charge in [0.15, 0.2) is 11.6 Å². The predicted octanol–water partition coefficient (Wildman–Crippen LogP) is 5.64. The maximum atomic E-state index is 13.3. The van der Waals surface area contributed by atoms with Gasteiger partial charge in [-0.25, -0.2) is 13.8 Å². The number of amides is 1. The number of aromatic amines is 1. The van der Waals surface area contributed by atoms with Gasteiger partial charge in [-0.15, -0.1) is 0 Å². The number of nitrogens with one attached hydrogen (secondary N) is 2. The molecule has 0 radical (unpaired) electrons. The topological polar surface area (TPSA) is 57.8 Å². The minimum atomic E-state index is -0.890. The van der Waals surface area contributed by atoms with E-state index in [0.717, 1.165) is 40.0 Å². The Labute approximate surface area is 165 Å². The Balaban J connectivity index is 1.65. The molecule has 4 nitrogen and oxygen atoms in total. The molecular formula is C23H17F2N3O. The molecule has 2 N–H and O–H groups in total. The van der Waals surface area contributed by atoms with Gasteiger partial charge in [-0.3, -0.25) is 4.79 Å². The summed E-state index contributed by atoms with van der Waals surface area (Å²) in [5.74, 6) is -1.31. The summed E-state index contributed by atoms with van der Waals surface area (Å²) in [4.78, 5) is 19.2. The van der Waals surface area contributed by atoms with Crippen molar-refractivity contribution in [1.29, 1.82) is 0 Å². The van der Waals surface area contributed by atoms with Crippen molar-refractivity contribution in [2.45, 2.75) is 6.92 Å². The molecule has 6 heteroatoms. The molecule has 4 aromatic rings. The van der Waals surface area contributed by atoms with Crippen molar-refractivity contribution in [2.24, 2.45) is 0 Å². The van der Waals surface area contributed by atoms with Gasteiger partial charge in [-0.2, -0.15) is 0 Å². The van der Waals surface area contributed by atoms with E-state index in [4.69, 9.17) is 0 Å². The summed E-state index contributed by atoms with van der Waals surface area (Å²) in [7, 11) is 0. The van der Waals surface area contributed by atoms with Crippen molar-refractivity contribution in [3.05, 3.63) is 83.7 Å². The van der Waals surface area contributed by atoms with Gasteiger partial charge in [0.05, 0.1) is 11.0 Å². The highest BCUT2D eigenvalue weighted by atomic mass is 19.2. The van der Waals surface area contributed by atoms with Crippen LogP contribution in [0.4, 0.5) is 14.5 Å². The van der Waals surface area contributed by atoms with Crippen LogP contribution >= 0.6 is 0 Å². The molecule has 0 bridgehead atoms. The maximum Gasteiger partial charge on any atom is 0.221 e. The molecule has 0 spiro atoms. The lowest BCUT2D eigenvalue weighted by Gasteiger charge is -2.09. The highest BCUT2D eigenvalue weighted by Crippen LogP contribution is 2.30. The molecule has 0 aliphatic heterocycles. The second-order valence-electron chi connectivity index (χ2n) is 6.59. The Kier molecular flexibility index (Phi) is 4.91. The fraction of sp³-hybridized carbons (Fsp3) is 0.0435. The van der Waals surface area contributed by atoms with E-state index in [1.807, 2.05) is 42.5 Å². The molecule has 0 aliphatic carbocycles. The normalized spacial score (nSPS) is 11.3. The van der Waals surface area contributed by atoms with Crippen LogP contribution in [0.2, 0.25) is 0 Å². The first-order chi connectivity index (χ1) is 14.0. The second-order valence-corrected chi connectivity index (χ2v) is 6.59. The van der Waals surface area contributed by atoms with Crippen LogP contribution in [-0.2, 0) is 4.79 Å². The third-order valence-corrected chi connectivity index (χ3v) is 4.43. The molecule has 29 heavy (non-hydrogen) atoms. The average Bonchev–Trinajstić information content (AvgIpc) is 3.11. The number of carbonyl (C=O) groups is 1. The van der Waals surface area contributed by atoms with Crippen molar-refractivity contribution in [3.63, 3.8) is 0 Å². The highest BCUT2D eigenvalue weighted by Gasteiger charge is 2.08. The van der Waals surface area contributed by atoms with Gasteiger partial charge in [-0.1, -0.05) is 36.4 Å². The van der Waals surface area contributed by atoms with Gasteiger partial charge in [0.25, 0.3) is 0 Å². The van der Waals surface area contributed by atoms with Crippen LogP contribution in [0.1, 0.15) is 18.3 Å². The average molecular weight is 389 g/mol. The Morgan fingerprint density at radius 1 is 1.00 bits per heavy atom. The largest absolute Gasteiger partial charge is 0.338 e. The van der Waals surface area contributed by atoms with E-state index in [9.17, 15) is 13.6 Å². The number of aromatic nitrogens is 2. The number of nitrogens with zero attached hydrogens (tertiary/aromatic N) is 1. The van der Waals surface area contributed by atoms with Crippen molar-refractivity contribution in [1.82, 2.24) is 9.97 Å². The van der Waals surface area contributed by atoms with Gasteiger partial charge in [-0.05, 0) is 47.5 Å². The van der Waals surface area contributed by atoms with Gasteiger partial charge in [0, 0.05) is 18.2 Å². The minimum absolute atomic E-state index is 0.136. The smallest absolute Gasteiger partial charge is 0.221 e. The van der Waals surface area contributed by atoms with Gasteiger partial charge in [0.1, 0.15) is 5.82 Å². The van der Waals surface area contributed by atoms with Gasteiger partial charge < -0.3 is 10.3 Å². The molecule has 0 aliphatic rings. The summed E-state index contributed by atoms with van der Waals surface area (Å²) in [6, 6.07) is 17.1. The van der Waals surface area contributed by atoms with Gasteiger partial charge in [0.2, 0.25) is 5.91 Å². The first-order valence-electron chi connectivity index (χ1n) is 8.99. The van der Waals surface area contributed by atoms with E-state index >= 15 is 0 Å². The lowest BCUT2D eigenvalue weighted by Crippen LogP contribution is -2.06. The molecule has 3 aromatic carbocycles. The van der Waals surface area contributed by atoms with Crippen molar-refractivity contribution < 1.29 is 13.6 Å². The van der Waals surface area contributed by atoms with Crippen LogP contribution in [0.25, 0.3) is 34.3 Å². The number of imidazole rings is 1. The Bertz CT molecular complexity index is 1240. The molecule has 0 fully saturated rings. The summed E-state index contributed by atoms with van der Waals surface area (Å²) in [6.07, 6.45) is 3.37. The molecule has 0 atom stereocenters. The standard InChI is InChI=1S/C23H17F2N3O/c1-14(29)26-20-5-3-2-4-17(20)16-8-10-21-22(13-16)28-23(27-21)11-7-15-6-9-18(24)19(25)12-15/h2-13H,1H3,(H,26,29)(H,27,28)/b11-7+. The lowest BCUT2D eigenvalue weighted by atomic mass is 10.0. The minimum Gasteiger partial charge on any atom is -0.338 e. The summed E-state index contributed by atoms with van der Waals surface area (Å²) >= 11 is 0. The molecule has 4 rings (SSSR count). The zero-order valence-corrected chi connectivity index (χ0v) is 15.5. The van der Waals surface area contributed by atoms with E-state index in [0.29, 0.717) is 11.4 Å². The van der Waals surface area contributed by atoms with E-state index in [1.165, 1.54) is 13.0 Å². The zero-order valence-electron chi connectivity index (χ0n) is 15.5. The molecular weight excluding hydrogens is 372 g/mol. The number of fused-ring (bicyclic) bond motifs is 1. The van der Waals surface area contributed by atoms with E-state index in [1.54, 1.807) is 12.2 Å². The van der Waals surface area contributed by atoms with Crippen molar-refractivity contribution in [3.8, 4) is 11.1 Å². The number of carbonyl (C=O) groups excluding carboxylic acids is 1. The first-order valence-corrected chi connectivity index (χ1v) is 8.99. The number of para-hydroxylation sites is 1. The Morgan fingerprint density at radius 2 is 1.83 bits per heavy atom.